The topological polar surface area (TPSA) is 38.7 Å². The summed E-state index contributed by atoms with van der Waals surface area (Å²) in [6, 6.07) is 26.6. The summed E-state index contributed by atoms with van der Waals surface area (Å²) in [5.74, 6) is -6.08. The van der Waals surface area contributed by atoms with Crippen molar-refractivity contribution in [2.45, 2.75) is 0 Å². The van der Waals surface area contributed by atoms with Crippen LogP contribution in [0, 0.1) is 23.5 Å². The van der Waals surface area contributed by atoms with Gasteiger partial charge in [-0.15, -0.1) is 0 Å². The first kappa shape index (κ1) is 21.5. The normalized spacial score (nSPS) is 10.9. The van der Waals surface area contributed by atoms with Gasteiger partial charge in [0, 0.05) is 16.7 Å². The molecule has 0 spiro atoms. The smallest absolute Gasteiger partial charge is 0.228 e. The van der Waals surface area contributed by atoms with Crippen LogP contribution in [0.1, 0.15) is 0 Å². The molecule has 0 amide bonds. The minimum absolute atomic E-state index is 0.0474. The van der Waals surface area contributed by atoms with Crippen molar-refractivity contribution in [3.05, 3.63) is 115 Å². The third-order valence-electron chi connectivity index (χ3n) is 5.27. The van der Waals surface area contributed by atoms with Gasteiger partial charge in [0.2, 0.25) is 0 Å². The molecule has 2 aromatic heterocycles. The minimum Gasteiger partial charge on any atom is -0.228 e. The number of nitrogens with zero attached hydrogens (tertiary/aromatic N) is 3. The zero-order valence-corrected chi connectivity index (χ0v) is 17.5. The zero-order chi connectivity index (χ0) is 23.7. The lowest BCUT2D eigenvalue weighted by atomic mass is 10.0. The predicted octanol–water partition coefficient (Wildman–Crippen LogP) is 7.10. The lowest BCUT2D eigenvalue weighted by Crippen LogP contribution is -2.03. The van der Waals surface area contributed by atoms with Crippen LogP contribution in [0.4, 0.5) is 17.6 Å². The molecule has 0 N–H and O–H groups in total. The van der Waals surface area contributed by atoms with Crippen LogP contribution in [0.2, 0.25) is 0 Å². The molecule has 0 saturated carbocycles. The van der Waals surface area contributed by atoms with Gasteiger partial charge in [0.25, 0.3) is 11.9 Å². The first-order valence-corrected chi connectivity index (χ1v) is 10.3. The molecule has 0 radical (unpaired) electrons. The molecule has 5 rings (SSSR count). The number of hydrogen-bond donors (Lipinski definition) is 0. The Morgan fingerprint density at radius 1 is 0.441 bits per heavy atom. The first-order valence-electron chi connectivity index (χ1n) is 10.3. The Balaban J connectivity index is 1.70. The summed E-state index contributed by atoms with van der Waals surface area (Å²) in [5, 5.41) is 0. The van der Waals surface area contributed by atoms with Gasteiger partial charge in [0.15, 0.2) is 17.5 Å². The molecule has 0 bridgehead atoms. The highest BCUT2D eigenvalue weighted by atomic mass is 19.2. The van der Waals surface area contributed by atoms with E-state index in [2.05, 4.69) is 9.97 Å². The van der Waals surface area contributed by atoms with Crippen molar-refractivity contribution in [1.82, 2.24) is 15.0 Å². The van der Waals surface area contributed by atoms with E-state index in [0.29, 0.717) is 22.8 Å². The van der Waals surface area contributed by atoms with E-state index >= 15 is 0 Å². The van der Waals surface area contributed by atoms with Gasteiger partial charge in [-0.3, -0.25) is 0 Å². The molecule has 0 aliphatic carbocycles. The zero-order valence-electron chi connectivity index (χ0n) is 17.5. The van der Waals surface area contributed by atoms with Crippen molar-refractivity contribution >= 4 is 0 Å². The summed E-state index contributed by atoms with van der Waals surface area (Å²) >= 11 is 0. The van der Waals surface area contributed by atoms with E-state index in [1.54, 1.807) is 12.1 Å². The average molecular weight is 457 g/mol. The molecule has 5 aromatic rings. The van der Waals surface area contributed by atoms with Gasteiger partial charge >= 0.3 is 0 Å². The molecule has 2 heterocycles. The molecular weight excluding hydrogens is 442 g/mol. The standard InChI is InChI=1S/C27H15F4N3/c28-23-22(24(29)26(31)34-25(23)30)19-13-7-12-18(14-19)21-15-20(16-8-3-1-4-9-16)32-27(33-21)17-10-5-2-6-11-17/h1-15H. The van der Waals surface area contributed by atoms with Crippen molar-refractivity contribution in [2.75, 3.05) is 0 Å². The molecule has 166 valence electrons. The molecule has 7 heteroatoms. The second-order valence-corrected chi connectivity index (χ2v) is 7.47. The minimum atomic E-state index is -1.71. The summed E-state index contributed by atoms with van der Waals surface area (Å²) < 4.78 is 56.1. The second-order valence-electron chi connectivity index (χ2n) is 7.47. The van der Waals surface area contributed by atoms with Crippen LogP contribution in [0.15, 0.2) is 91.0 Å². The van der Waals surface area contributed by atoms with Gasteiger partial charge in [-0.2, -0.15) is 13.8 Å². The van der Waals surface area contributed by atoms with E-state index in [-0.39, 0.29) is 5.56 Å². The van der Waals surface area contributed by atoms with E-state index in [9.17, 15) is 17.6 Å². The summed E-state index contributed by atoms with van der Waals surface area (Å²) in [6.45, 7) is 0. The van der Waals surface area contributed by atoms with Gasteiger partial charge in [-0.25, -0.2) is 18.7 Å². The molecule has 0 aliphatic heterocycles. The summed E-state index contributed by atoms with van der Waals surface area (Å²) in [7, 11) is 0. The first-order chi connectivity index (χ1) is 16.5. The van der Waals surface area contributed by atoms with E-state index < -0.39 is 29.1 Å². The Bertz CT molecular complexity index is 1410. The van der Waals surface area contributed by atoms with E-state index in [0.717, 1.165) is 11.1 Å². The van der Waals surface area contributed by atoms with Crippen molar-refractivity contribution in [3.63, 3.8) is 0 Å². The molecule has 0 saturated heterocycles. The van der Waals surface area contributed by atoms with Crippen molar-refractivity contribution in [1.29, 1.82) is 0 Å². The SMILES string of the molecule is Fc1nc(F)c(F)c(-c2cccc(-c3cc(-c4ccccc4)nc(-c4ccccc4)n3)c2)c1F. The van der Waals surface area contributed by atoms with Crippen LogP contribution in [-0.4, -0.2) is 15.0 Å². The summed E-state index contributed by atoms with van der Waals surface area (Å²) in [4.78, 5) is 12.0. The maximum atomic E-state index is 14.4. The number of rotatable bonds is 4. The Morgan fingerprint density at radius 2 is 0.941 bits per heavy atom. The lowest BCUT2D eigenvalue weighted by Gasteiger charge is -2.11. The number of hydrogen-bond acceptors (Lipinski definition) is 3. The number of halogens is 4. The highest BCUT2D eigenvalue weighted by Gasteiger charge is 2.22. The lowest BCUT2D eigenvalue weighted by molar-refractivity contribution is 0.410. The highest BCUT2D eigenvalue weighted by Crippen LogP contribution is 2.33. The van der Waals surface area contributed by atoms with Crippen molar-refractivity contribution in [2.24, 2.45) is 0 Å². The molecular formula is C27H15F4N3. The van der Waals surface area contributed by atoms with E-state index in [1.807, 2.05) is 60.7 Å². The largest absolute Gasteiger partial charge is 0.252 e. The molecule has 3 nitrogen and oxygen atoms in total. The van der Waals surface area contributed by atoms with E-state index in [4.69, 9.17) is 4.98 Å². The fourth-order valence-corrected chi connectivity index (χ4v) is 3.64. The number of aromatic nitrogens is 3. The molecule has 34 heavy (non-hydrogen) atoms. The Hall–Kier alpha value is -4.39. The van der Waals surface area contributed by atoms with Crippen molar-refractivity contribution < 1.29 is 17.6 Å². The van der Waals surface area contributed by atoms with Gasteiger partial charge < -0.3 is 0 Å². The Labute approximate surface area is 192 Å². The molecule has 0 atom stereocenters. The monoisotopic (exact) mass is 457 g/mol. The Kier molecular flexibility index (Phi) is 5.59. The van der Waals surface area contributed by atoms with Gasteiger partial charge in [-0.1, -0.05) is 78.9 Å². The number of benzene rings is 3. The van der Waals surface area contributed by atoms with Crippen LogP contribution < -0.4 is 0 Å². The maximum absolute atomic E-state index is 14.4. The highest BCUT2D eigenvalue weighted by molar-refractivity contribution is 5.76. The van der Waals surface area contributed by atoms with Gasteiger partial charge in [-0.05, 0) is 17.7 Å². The summed E-state index contributed by atoms with van der Waals surface area (Å²) in [6.07, 6.45) is 0. The third-order valence-corrected chi connectivity index (χ3v) is 5.27. The van der Waals surface area contributed by atoms with E-state index in [1.165, 1.54) is 18.2 Å². The maximum Gasteiger partial charge on any atom is 0.252 e. The second kappa shape index (κ2) is 8.86. The molecule has 0 aliphatic rings. The van der Waals surface area contributed by atoms with Crippen LogP contribution in [0.5, 0.6) is 0 Å². The Morgan fingerprint density at radius 3 is 1.56 bits per heavy atom. The quantitative estimate of drug-likeness (QED) is 0.214. The van der Waals surface area contributed by atoms with Crippen molar-refractivity contribution in [3.8, 4) is 45.0 Å². The average Bonchev–Trinajstić information content (AvgIpc) is 2.89. The predicted molar refractivity (Wildman–Crippen MR) is 121 cm³/mol. The van der Waals surface area contributed by atoms with Crippen LogP contribution in [-0.2, 0) is 0 Å². The number of pyridine rings is 1. The molecule has 0 fully saturated rings. The summed E-state index contributed by atoms with van der Waals surface area (Å²) in [5.41, 5.74) is 2.38. The van der Waals surface area contributed by atoms with Crippen LogP contribution >= 0.6 is 0 Å². The van der Waals surface area contributed by atoms with Gasteiger partial charge in [0.05, 0.1) is 17.0 Å². The van der Waals surface area contributed by atoms with Crippen LogP contribution in [0.3, 0.4) is 0 Å². The molecule has 3 aromatic carbocycles. The van der Waals surface area contributed by atoms with Gasteiger partial charge in [0.1, 0.15) is 0 Å². The molecule has 0 unspecified atom stereocenters. The third kappa shape index (κ3) is 4.03. The van der Waals surface area contributed by atoms with Crippen LogP contribution in [0.25, 0.3) is 45.0 Å². The fraction of sp³-hybridized carbons (Fsp3) is 0. The fourth-order valence-electron chi connectivity index (χ4n) is 3.64.